The zero-order valence-electron chi connectivity index (χ0n) is 7.48. The lowest BCUT2D eigenvalue weighted by Crippen LogP contribution is -2.43. The van der Waals surface area contributed by atoms with Gasteiger partial charge in [0, 0.05) is 23.6 Å². The number of hydrogen-bond donors (Lipinski definition) is 1. The maximum atomic E-state index is 3.46. The van der Waals surface area contributed by atoms with E-state index in [0.29, 0.717) is 6.04 Å². The molecule has 0 aromatic heterocycles. The van der Waals surface area contributed by atoms with Crippen LogP contribution in [0.1, 0.15) is 27.7 Å². The fourth-order valence-corrected chi connectivity index (χ4v) is 1.47. The summed E-state index contributed by atoms with van der Waals surface area (Å²) in [6, 6.07) is 1.49. The monoisotopic (exact) mass is 161 g/mol. The van der Waals surface area contributed by atoms with Crippen LogP contribution in [-0.4, -0.2) is 23.6 Å². The van der Waals surface area contributed by atoms with E-state index >= 15 is 0 Å². The molecule has 1 heterocycles. The van der Waals surface area contributed by atoms with E-state index in [1.807, 2.05) is 25.6 Å². The second-order valence-corrected chi connectivity index (χ2v) is 3.63. The molecule has 0 unspecified atom stereocenters. The molecule has 1 N–H and O–H groups in total. The fourth-order valence-electron chi connectivity index (χ4n) is 0.803. The van der Waals surface area contributed by atoms with E-state index < -0.39 is 0 Å². The van der Waals surface area contributed by atoms with E-state index in [9.17, 15) is 0 Å². The maximum absolute atomic E-state index is 3.46. The molecule has 0 aliphatic carbocycles. The SMILES string of the molecule is CC.CC(C)NC1CSC1. The summed E-state index contributed by atoms with van der Waals surface area (Å²) in [5.74, 6) is 2.64. The molecule has 2 heteroatoms. The third-order valence-corrected chi connectivity index (χ3v) is 2.48. The molecule has 1 aliphatic heterocycles. The zero-order chi connectivity index (χ0) is 7.98. The lowest BCUT2D eigenvalue weighted by molar-refractivity contribution is 0.514. The summed E-state index contributed by atoms with van der Waals surface area (Å²) in [6.45, 7) is 8.39. The highest BCUT2D eigenvalue weighted by Crippen LogP contribution is 2.17. The van der Waals surface area contributed by atoms with Crippen LogP contribution in [0.5, 0.6) is 0 Å². The van der Waals surface area contributed by atoms with Gasteiger partial charge in [-0.15, -0.1) is 0 Å². The average Bonchev–Trinajstić information content (AvgIpc) is 1.84. The van der Waals surface area contributed by atoms with Crippen LogP contribution in [0.4, 0.5) is 0 Å². The molecule has 0 saturated carbocycles. The van der Waals surface area contributed by atoms with Crippen LogP contribution in [-0.2, 0) is 0 Å². The first-order valence-corrected chi connectivity index (χ1v) is 5.28. The van der Waals surface area contributed by atoms with Crippen LogP contribution in [0.15, 0.2) is 0 Å². The van der Waals surface area contributed by atoms with Crippen molar-refractivity contribution < 1.29 is 0 Å². The normalized spacial score (nSPS) is 17.7. The predicted octanol–water partition coefficient (Wildman–Crippen LogP) is 2.13. The van der Waals surface area contributed by atoms with Crippen LogP contribution < -0.4 is 5.32 Å². The molecule has 0 amide bonds. The molecular weight excluding hydrogens is 142 g/mol. The van der Waals surface area contributed by atoms with Gasteiger partial charge < -0.3 is 5.32 Å². The first-order chi connectivity index (χ1) is 4.79. The highest BCUT2D eigenvalue weighted by atomic mass is 32.2. The lowest BCUT2D eigenvalue weighted by Gasteiger charge is -2.27. The molecule has 0 spiro atoms. The van der Waals surface area contributed by atoms with Gasteiger partial charge in [-0.1, -0.05) is 27.7 Å². The minimum atomic E-state index is 0.668. The summed E-state index contributed by atoms with van der Waals surface area (Å²) in [4.78, 5) is 0. The Morgan fingerprint density at radius 1 is 1.30 bits per heavy atom. The van der Waals surface area contributed by atoms with Crippen molar-refractivity contribution in [2.75, 3.05) is 11.5 Å². The fraction of sp³-hybridized carbons (Fsp3) is 1.00. The largest absolute Gasteiger partial charge is 0.310 e. The first kappa shape index (κ1) is 10.3. The van der Waals surface area contributed by atoms with Gasteiger partial charge in [0.15, 0.2) is 0 Å². The predicted molar refractivity (Wildman–Crippen MR) is 50.7 cm³/mol. The van der Waals surface area contributed by atoms with Crippen molar-refractivity contribution in [2.24, 2.45) is 0 Å². The molecule has 0 radical (unpaired) electrons. The highest BCUT2D eigenvalue weighted by molar-refractivity contribution is 8.00. The Bertz CT molecular complexity index is 69.7. The highest BCUT2D eigenvalue weighted by Gasteiger charge is 2.17. The molecule has 1 nitrogen and oxygen atoms in total. The van der Waals surface area contributed by atoms with E-state index in [1.165, 1.54) is 11.5 Å². The number of hydrogen-bond acceptors (Lipinski definition) is 2. The summed E-state index contributed by atoms with van der Waals surface area (Å²) in [5, 5.41) is 3.46. The van der Waals surface area contributed by atoms with Crippen LogP contribution >= 0.6 is 11.8 Å². The van der Waals surface area contributed by atoms with Gasteiger partial charge in [0.1, 0.15) is 0 Å². The van der Waals surface area contributed by atoms with Gasteiger partial charge >= 0.3 is 0 Å². The Hall–Kier alpha value is 0.310. The summed E-state index contributed by atoms with van der Waals surface area (Å²) < 4.78 is 0. The van der Waals surface area contributed by atoms with Crippen molar-refractivity contribution in [3.63, 3.8) is 0 Å². The summed E-state index contributed by atoms with van der Waals surface area (Å²) >= 11 is 2.02. The van der Waals surface area contributed by atoms with E-state index in [1.54, 1.807) is 0 Å². The molecule has 1 aliphatic rings. The molecule has 1 saturated heterocycles. The van der Waals surface area contributed by atoms with Gasteiger partial charge in [-0.3, -0.25) is 0 Å². The van der Waals surface area contributed by atoms with Crippen molar-refractivity contribution in [1.82, 2.24) is 5.32 Å². The molecular formula is C8H19NS. The Morgan fingerprint density at radius 3 is 1.90 bits per heavy atom. The van der Waals surface area contributed by atoms with Gasteiger partial charge in [0.2, 0.25) is 0 Å². The molecule has 0 atom stereocenters. The standard InChI is InChI=1S/C6H13NS.C2H6/c1-5(2)7-6-3-8-4-6;1-2/h5-7H,3-4H2,1-2H3;1-2H3. The quantitative estimate of drug-likeness (QED) is 0.666. The van der Waals surface area contributed by atoms with Crippen molar-refractivity contribution in [3.8, 4) is 0 Å². The summed E-state index contributed by atoms with van der Waals surface area (Å²) in [5.41, 5.74) is 0. The minimum Gasteiger partial charge on any atom is -0.310 e. The second kappa shape index (κ2) is 6.05. The molecule has 0 aromatic carbocycles. The van der Waals surface area contributed by atoms with Gasteiger partial charge in [-0.2, -0.15) is 11.8 Å². The second-order valence-electron chi connectivity index (χ2n) is 2.56. The summed E-state index contributed by atoms with van der Waals surface area (Å²) in [7, 11) is 0. The average molecular weight is 161 g/mol. The minimum absolute atomic E-state index is 0.668. The van der Waals surface area contributed by atoms with Crippen molar-refractivity contribution in [1.29, 1.82) is 0 Å². The third-order valence-electron chi connectivity index (χ3n) is 1.21. The van der Waals surface area contributed by atoms with E-state index in [2.05, 4.69) is 19.2 Å². The first-order valence-electron chi connectivity index (χ1n) is 4.13. The smallest absolute Gasteiger partial charge is 0.0251 e. The number of nitrogens with one attached hydrogen (secondary N) is 1. The van der Waals surface area contributed by atoms with Crippen molar-refractivity contribution >= 4 is 11.8 Å². The molecule has 0 bridgehead atoms. The topological polar surface area (TPSA) is 12.0 Å². The van der Waals surface area contributed by atoms with Gasteiger partial charge in [0.05, 0.1) is 0 Å². The number of thioether (sulfide) groups is 1. The molecule has 0 aromatic rings. The molecule has 62 valence electrons. The van der Waals surface area contributed by atoms with Gasteiger partial charge in [-0.25, -0.2) is 0 Å². The molecule has 1 rings (SSSR count). The zero-order valence-corrected chi connectivity index (χ0v) is 8.29. The Morgan fingerprint density at radius 2 is 1.80 bits per heavy atom. The van der Waals surface area contributed by atoms with E-state index in [-0.39, 0.29) is 0 Å². The van der Waals surface area contributed by atoms with Crippen LogP contribution in [0.25, 0.3) is 0 Å². The Balaban J connectivity index is 0.000000371. The van der Waals surface area contributed by atoms with Gasteiger partial charge in [0.25, 0.3) is 0 Å². The third kappa shape index (κ3) is 4.18. The lowest BCUT2D eigenvalue weighted by atomic mass is 10.3. The number of rotatable bonds is 2. The van der Waals surface area contributed by atoms with Crippen LogP contribution in [0.2, 0.25) is 0 Å². The van der Waals surface area contributed by atoms with E-state index in [0.717, 1.165) is 6.04 Å². The molecule has 10 heavy (non-hydrogen) atoms. The summed E-state index contributed by atoms with van der Waals surface area (Å²) in [6.07, 6.45) is 0. The van der Waals surface area contributed by atoms with Crippen molar-refractivity contribution in [3.05, 3.63) is 0 Å². The molecule has 1 fully saturated rings. The van der Waals surface area contributed by atoms with Gasteiger partial charge in [-0.05, 0) is 0 Å². The Kier molecular flexibility index (Phi) is 6.24. The van der Waals surface area contributed by atoms with Crippen LogP contribution in [0.3, 0.4) is 0 Å². The maximum Gasteiger partial charge on any atom is 0.0251 e. The van der Waals surface area contributed by atoms with Crippen LogP contribution in [0, 0.1) is 0 Å². The Labute approximate surface area is 69.0 Å². The van der Waals surface area contributed by atoms with Crippen molar-refractivity contribution in [2.45, 2.75) is 39.8 Å². The van der Waals surface area contributed by atoms with E-state index in [4.69, 9.17) is 0 Å².